The average Bonchev–Trinajstić information content (AvgIpc) is 3.73. The third kappa shape index (κ3) is 8.42. The Morgan fingerprint density at radius 1 is 1.02 bits per heavy atom. The van der Waals surface area contributed by atoms with Crippen LogP contribution >= 0.6 is 0 Å². The van der Waals surface area contributed by atoms with Crippen molar-refractivity contribution in [3.63, 3.8) is 0 Å². The number of nitrogens with zero attached hydrogens (tertiary/aromatic N) is 1. The van der Waals surface area contributed by atoms with Gasteiger partial charge in [0.25, 0.3) is 0 Å². The lowest BCUT2D eigenvalue weighted by atomic mass is 9.80. The first-order chi connectivity index (χ1) is 25.2. The number of carbonyl (C=O) groups excluding carboxylic acids is 1. The van der Waals surface area contributed by atoms with Crippen LogP contribution in [-0.2, 0) is 15.1 Å². The Balaban J connectivity index is 0.00000481. The van der Waals surface area contributed by atoms with Crippen LogP contribution in [0.4, 0.5) is 11.4 Å². The first-order valence-corrected chi connectivity index (χ1v) is 18.7. The lowest BCUT2D eigenvalue weighted by Crippen LogP contribution is -3.00. The molecule has 8 rings (SSSR count). The van der Waals surface area contributed by atoms with Crippen LogP contribution in [0, 0.1) is 11.8 Å². The van der Waals surface area contributed by atoms with Gasteiger partial charge in [0.1, 0.15) is 29.7 Å². The number of aromatic nitrogens is 1. The van der Waals surface area contributed by atoms with E-state index in [-0.39, 0.29) is 58.3 Å². The Kier molecular flexibility index (Phi) is 12.1. The number of rotatable bonds is 14. The largest absolute Gasteiger partial charge is 1.00 e. The summed E-state index contributed by atoms with van der Waals surface area (Å²) in [5.41, 5.74) is 1.71. The predicted octanol–water partition coefficient (Wildman–Crippen LogP) is 2.42. The number of pyridine rings is 1. The molecule has 0 radical (unpaired) electrons. The molecule has 2 bridgehead atoms. The van der Waals surface area contributed by atoms with Crippen LogP contribution in [-0.4, -0.2) is 83.2 Å². The minimum absolute atomic E-state index is 0. The Labute approximate surface area is 320 Å². The molecule has 1 amide bonds. The van der Waals surface area contributed by atoms with E-state index in [1.165, 1.54) is 12.1 Å². The molecule has 4 heterocycles. The molecule has 53 heavy (non-hydrogen) atoms. The van der Waals surface area contributed by atoms with E-state index in [4.69, 9.17) is 9.47 Å². The molecular weight excluding hydrogens is 740 g/mol. The zero-order chi connectivity index (χ0) is 36.3. The fourth-order valence-corrected chi connectivity index (χ4v) is 8.87. The third-order valence-corrected chi connectivity index (χ3v) is 11.9. The van der Waals surface area contributed by atoms with E-state index < -0.39 is 11.7 Å². The molecule has 12 heteroatoms. The summed E-state index contributed by atoms with van der Waals surface area (Å²) in [4.78, 5) is 27.7. The number of H-pyrrole nitrogens is 1. The van der Waals surface area contributed by atoms with Crippen molar-refractivity contribution in [1.29, 1.82) is 0 Å². The quantitative estimate of drug-likeness (QED) is 0.107. The number of amides is 1. The number of fused-ring (bicyclic) bond motifs is 4. The van der Waals surface area contributed by atoms with Crippen LogP contribution in [0.25, 0.3) is 10.9 Å². The number of piperidine rings is 3. The van der Waals surface area contributed by atoms with Crippen LogP contribution in [0.15, 0.2) is 77.6 Å². The Morgan fingerprint density at radius 3 is 2.51 bits per heavy atom. The monoisotopic (exact) mass is 790 g/mol. The van der Waals surface area contributed by atoms with Gasteiger partial charge in [-0.2, -0.15) is 0 Å². The van der Waals surface area contributed by atoms with Crippen molar-refractivity contribution in [1.82, 2.24) is 4.98 Å². The van der Waals surface area contributed by atoms with E-state index in [1.807, 2.05) is 30.3 Å². The van der Waals surface area contributed by atoms with E-state index in [1.54, 1.807) is 37.4 Å². The molecule has 3 saturated heterocycles. The lowest BCUT2D eigenvalue weighted by Gasteiger charge is -2.52. The van der Waals surface area contributed by atoms with Gasteiger partial charge in [-0.25, -0.2) is 0 Å². The number of nitrogens with one attached hydrogen (secondary N) is 3. The van der Waals surface area contributed by atoms with Gasteiger partial charge >= 0.3 is 0 Å². The van der Waals surface area contributed by atoms with Crippen molar-refractivity contribution in [2.24, 2.45) is 11.8 Å². The summed E-state index contributed by atoms with van der Waals surface area (Å²) < 4.78 is 13.2. The Hall–Kier alpha value is -3.94. The number of anilines is 2. The molecule has 11 nitrogen and oxygen atoms in total. The van der Waals surface area contributed by atoms with Crippen LogP contribution in [0.3, 0.4) is 0 Å². The maximum atomic E-state index is 13.3. The number of phenolic OH excluding ortho intramolecular Hbond substituents is 1. The molecule has 284 valence electrons. The van der Waals surface area contributed by atoms with Crippen molar-refractivity contribution in [3.05, 3.63) is 94.3 Å². The van der Waals surface area contributed by atoms with Gasteiger partial charge < -0.3 is 61.9 Å². The van der Waals surface area contributed by atoms with Crippen LogP contribution < -0.4 is 37.9 Å². The summed E-state index contributed by atoms with van der Waals surface area (Å²) >= 11 is 0. The number of aromatic hydroxyl groups is 1. The number of hydrogen-bond acceptors (Lipinski definition) is 8. The number of quaternary nitrogens is 1. The number of phenols is 1. The highest BCUT2D eigenvalue weighted by molar-refractivity contribution is 5.91. The second-order valence-corrected chi connectivity index (χ2v) is 15.0. The number of methoxy groups -OCH3 is 1. The summed E-state index contributed by atoms with van der Waals surface area (Å²) in [6.45, 7) is 4.13. The summed E-state index contributed by atoms with van der Waals surface area (Å²) in [5.74, 6) is 1.08. The predicted molar refractivity (Wildman–Crippen MR) is 200 cm³/mol. The number of carbonyl (C=O) groups is 1. The van der Waals surface area contributed by atoms with Crippen LogP contribution in [0.1, 0.15) is 62.2 Å². The minimum atomic E-state index is -0.981. The zero-order valence-corrected chi connectivity index (χ0v) is 31.8. The number of ether oxygens (including phenoxy) is 2. The van der Waals surface area contributed by atoms with Crippen molar-refractivity contribution in [2.45, 2.75) is 62.8 Å². The van der Waals surface area contributed by atoms with E-state index in [2.05, 4.69) is 15.6 Å². The SMILES string of the molecule is COc1cc(NC(=O)CC[N+]23CCC(CC2)[C@@H](OC[C@@](O)(c2ccccc2)C2CCCC2)C3)ccc1NC[C@H](O)c1ccc(O)c2[nH]c(=O)ccc12.[Br-]. The van der Waals surface area contributed by atoms with Gasteiger partial charge in [-0.15, -0.1) is 0 Å². The average molecular weight is 792 g/mol. The first-order valence-electron chi connectivity index (χ1n) is 18.7. The van der Waals surface area contributed by atoms with Gasteiger partial charge in [0.2, 0.25) is 11.5 Å². The minimum Gasteiger partial charge on any atom is -1.00 e. The maximum absolute atomic E-state index is 13.3. The molecule has 1 aliphatic carbocycles. The summed E-state index contributed by atoms with van der Waals surface area (Å²) in [6, 6.07) is 21.4. The highest BCUT2D eigenvalue weighted by Gasteiger charge is 2.48. The van der Waals surface area contributed by atoms with Gasteiger partial charge in [-0.05, 0) is 54.2 Å². The number of halogens is 1. The summed E-state index contributed by atoms with van der Waals surface area (Å²) in [7, 11) is 1.55. The second-order valence-electron chi connectivity index (χ2n) is 15.0. The molecule has 0 unspecified atom stereocenters. The third-order valence-electron chi connectivity index (χ3n) is 11.9. The van der Waals surface area contributed by atoms with E-state index in [0.29, 0.717) is 47.0 Å². The highest BCUT2D eigenvalue weighted by atomic mass is 79.9. The molecule has 4 aliphatic rings. The maximum Gasteiger partial charge on any atom is 0.248 e. The van der Waals surface area contributed by atoms with E-state index >= 15 is 0 Å². The first kappa shape index (κ1) is 38.8. The molecule has 0 spiro atoms. The molecular formula is C41H51BrN4O7. The van der Waals surface area contributed by atoms with E-state index in [9.17, 15) is 24.9 Å². The lowest BCUT2D eigenvalue weighted by molar-refractivity contribution is -0.946. The summed E-state index contributed by atoms with van der Waals surface area (Å²) in [5, 5.41) is 40.0. The van der Waals surface area contributed by atoms with Crippen molar-refractivity contribution >= 4 is 28.2 Å². The normalized spacial score (nSPS) is 22.8. The smallest absolute Gasteiger partial charge is 0.248 e. The number of benzene rings is 3. The van der Waals surface area contributed by atoms with Gasteiger partial charge in [0.05, 0.1) is 57.1 Å². The molecule has 3 aliphatic heterocycles. The van der Waals surface area contributed by atoms with E-state index in [0.717, 1.165) is 74.8 Å². The Bertz CT molecular complexity index is 1930. The number of aliphatic hydroxyl groups excluding tert-OH is 1. The molecule has 4 fully saturated rings. The molecule has 1 saturated carbocycles. The van der Waals surface area contributed by atoms with Gasteiger partial charge in [-0.1, -0.05) is 49.2 Å². The Morgan fingerprint density at radius 2 is 1.77 bits per heavy atom. The van der Waals surface area contributed by atoms with Crippen LogP contribution in [0.2, 0.25) is 0 Å². The standard InChI is InChI=1S/C41H50N4O7.BrH/c1-51-36-23-30(11-14-33(36)42-24-35(47)31-12-15-34(46)40-32(31)13-16-38(48)44-40)43-39(49)19-22-45-20-17-27(18-21-45)37(25-45)52-26-41(50,29-9-5-6-10-29)28-7-3-2-4-8-28;/h2-4,7-8,11-16,23,27,29,35,37,42,47,50H,5-6,9-10,17-22,24-26H2,1H3,(H2-,43,44,46,48,49);1H/t27?,35-,37-,41+,45?;/m0./s1. The molecule has 6 N–H and O–H groups in total. The van der Waals surface area contributed by atoms with Gasteiger partial charge in [0.15, 0.2) is 0 Å². The van der Waals surface area contributed by atoms with Crippen molar-refractivity contribution in [3.8, 4) is 11.5 Å². The molecule has 1 aromatic heterocycles. The molecule has 4 aromatic rings. The second kappa shape index (κ2) is 16.6. The fraction of sp³-hybridized carbons (Fsp3) is 0.463. The van der Waals surface area contributed by atoms with Crippen molar-refractivity contribution in [2.75, 3.05) is 57.1 Å². The number of aromatic amines is 1. The van der Waals surface area contributed by atoms with Crippen LogP contribution in [0.5, 0.6) is 11.5 Å². The zero-order valence-electron chi connectivity index (χ0n) is 30.2. The molecule has 3 aromatic carbocycles. The summed E-state index contributed by atoms with van der Waals surface area (Å²) in [6.07, 6.45) is 6.00. The fourth-order valence-electron chi connectivity index (χ4n) is 8.87. The van der Waals surface area contributed by atoms with Crippen molar-refractivity contribution < 1.29 is 51.1 Å². The highest BCUT2D eigenvalue weighted by Crippen LogP contribution is 2.43. The van der Waals surface area contributed by atoms with Gasteiger partial charge in [0, 0.05) is 48.5 Å². The topological polar surface area (TPSA) is 153 Å². The number of aliphatic hydroxyl groups is 2. The van der Waals surface area contributed by atoms with Gasteiger partial charge in [-0.3, -0.25) is 9.59 Å². The number of hydrogen-bond donors (Lipinski definition) is 6. The molecule has 3 atom stereocenters.